The Morgan fingerprint density at radius 1 is 1.18 bits per heavy atom. The lowest BCUT2D eigenvalue weighted by molar-refractivity contribution is -0.111. The van der Waals surface area contributed by atoms with E-state index in [0.717, 1.165) is 28.9 Å². The summed E-state index contributed by atoms with van der Waals surface area (Å²) in [7, 11) is 3.93. The van der Waals surface area contributed by atoms with Gasteiger partial charge in [0.05, 0.1) is 27.4 Å². The molecule has 0 saturated heterocycles. The summed E-state index contributed by atoms with van der Waals surface area (Å²) in [6.45, 7) is 8.46. The predicted octanol–water partition coefficient (Wildman–Crippen LogP) is 4.18. The number of thiazole rings is 1. The van der Waals surface area contributed by atoms with Gasteiger partial charge in [-0.15, -0.1) is 11.3 Å². The first-order valence-corrected chi connectivity index (χ1v) is 12.0. The van der Waals surface area contributed by atoms with Gasteiger partial charge in [0.25, 0.3) is 11.8 Å². The van der Waals surface area contributed by atoms with E-state index in [1.54, 1.807) is 19.2 Å². The van der Waals surface area contributed by atoms with E-state index in [2.05, 4.69) is 40.5 Å². The van der Waals surface area contributed by atoms with Gasteiger partial charge < -0.3 is 21.3 Å². The number of amides is 2. The fourth-order valence-electron chi connectivity index (χ4n) is 3.12. The minimum atomic E-state index is -0.418. The van der Waals surface area contributed by atoms with Crippen molar-refractivity contribution in [1.29, 1.82) is 0 Å². The van der Waals surface area contributed by atoms with Crippen molar-refractivity contribution in [3.8, 4) is 0 Å². The largest absolute Gasteiger partial charge is 0.404 e. The van der Waals surface area contributed by atoms with Crippen LogP contribution < -0.4 is 16.4 Å². The maximum atomic E-state index is 13.1. The van der Waals surface area contributed by atoms with Crippen LogP contribution in [0.5, 0.6) is 0 Å². The Labute approximate surface area is 205 Å². The molecule has 0 saturated carbocycles. The highest BCUT2D eigenvalue weighted by atomic mass is 32.1. The summed E-state index contributed by atoms with van der Waals surface area (Å²) in [4.78, 5) is 37.0. The van der Waals surface area contributed by atoms with Crippen molar-refractivity contribution < 1.29 is 9.59 Å². The van der Waals surface area contributed by atoms with E-state index in [1.165, 1.54) is 23.7 Å². The van der Waals surface area contributed by atoms with Crippen LogP contribution in [0.3, 0.4) is 0 Å². The lowest BCUT2D eigenvalue weighted by atomic mass is 10.1. The molecular formula is C25H34N6O2S. The molecule has 0 unspecified atom stereocenters. The van der Waals surface area contributed by atoms with E-state index in [-0.39, 0.29) is 11.5 Å². The highest BCUT2D eigenvalue weighted by molar-refractivity contribution is 7.14. The second-order valence-electron chi connectivity index (χ2n) is 7.98. The fraction of sp³-hybridized carbons (Fsp3) is 0.360. The lowest BCUT2D eigenvalue weighted by Gasteiger charge is -2.12. The molecule has 34 heavy (non-hydrogen) atoms. The van der Waals surface area contributed by atoms with Crippen LogP contribution >= 0.6 is 11.3 Å². The number of nitrogens with one attached hydrogen (secondary N) is 2. The van der Waals surface area contributed by atoms with E-state index < -0.39 is 5.91 Å². The van der Waals surface area contributed by atoms with Crippen LogP contribution in [0, 0.1) is 6.92 Å². The number of carbonyl (C=O) groups excluding carboxylic acids is 2. The fourth-order valence-corrected chi connectivity index (χ4v) is 4.13. The molecule has 0 atom stereocenters. The maximum Gasteiger partial charge on any atom is 0.260 e. The smallest absolute Gasteiger partial charge is 0.260 e. The number of hydrogen-bond donors (Lipinski definition) is 3. The van der Waals surface area contributed by atoms with Crippen LogP contribution in [0.15, 0.2) is 42.5 Å². The summed E-state index contributed by atoms with van der Waals surface area (Å²) >= 11 is 1.39. The molecule has 0 aromatic carbocycles. The van der Waals surface area contributed by atoms with E-state index in [4.69, 9.17) is 5.73 Å². The van der Waals surface area contributed by atoms with Gasteiger partial charge in [-0.05, 0) is 38.3 Å². The molecule has 0 radical (unpaired) electrons. The Morgan fingerprint density at radius 3 is 2.53 bits per heavy atom. The molecule has 0 spiro atoms. The van der Waals surface area contributed by atoms with Crippen molar-refractivity contribution in [3.05, 3.63) is 63.7 Å². The number of pyridine rings is 1. The Kier molecular flexibility index (Phi) is 10.0. The Balaban J connectivity index is 2.30. The van der Waals surface area contributed by atoms with Crippen molar-refractivity contribution in [2.75, 3.05) is 26.0 Å². The predicted molar refractivity (Wildman–Crippen MR) is 140 cm³/mol. The zero-order chi connectivity index (χ0) is 25.3. The molecule has 0 bridgehead atoms. The monoisotopic (exact) mass is 482 g/mol. The molecular weight excluding hydrogens is 448 g/mol. The Morgan fingerprint density at radius 2 is 1.91 bits per heavy atom. The van der Waals surface area contributed by atoms with Gasteiger partial charge in [0.15, 0.2) is 0 Å². The number of nitrogens with zero attached hydrogens (tertiary/aromatic N) is 3. The molecule has 2 aromatic heterocycles. The highest BCUT2D eigenvalue weighted by Gasteiger charge is 2.19. The van der Waals surface area contributed by atoms with Crippen molar-refractivity contribution in [2.45, 2.75) is 40.5 Å². The van der Waals surface area contributed by atoms with Gasteiger partial charge in [-0.3, -0.25) is 14.6 Å². The van der Waals surface area contributed by atoms with Crippen molar-refractivity contribution in [1.82, 2.24) is 20.2 Å². The van der Waals surface area contributed by atoms with Crippen LogP contribution in [0.1, 0.15) is 59.5 Å². The van der Waals surface area contributed by atoms with Crippen molar-refractivity contribution >= 4 is 40.0 Å². The first-order chi connectivity index (χ1) is 16.2. The number of rotatable bonds is 10. The summed E-state index contributed by atoms with van der Waals surface area (Å²) in [5.74, 6) is -0.655. The van der Waals surface area contributed by atoms with Gasteiger partial charge in [0.2, 0.25) is 0 Å². The van der Waals surface area contributed by atoms with Gasteiger partial charge in [-0.25, -0.2) is 4.98 Å². The van der Waals surface area contributed by atoms with Crippen LogP contribution in [0.25, 0.3) is 11.1 Å². The number of aryl methyl sites for hydroxylation is 1. The molecule has 0 aliphatic heterocycles. The minimum Gasteiger partial charge on any atom is -0.404 e. The van der Waals surface area contributed by atoms with Gasteiger partial charge >= 0.3 is 0 Å². The number of aromatic nitrogens is 2. The molecule has 2 amide bonds. The third kappa shape index (κ3) is 7.02. The Hall–Kier alpha value is -3.46. The van der Waals surface area contributed by atoms with Gasteiger partial charge in [0.1, 0.15) is 5.01 Å². The average Bonchev–Trinajstić information content (AvgIpc) is 3.27. The van der Waals surface area contributed by atoms with E-state index in [1.807, 2.05) is 32.1 Å². The topological polar surface area (TPSA) is 113 Å². The summed E-state index contributed by atoms with van der Waals surface area (Å²) in [6, 6.07) is 1.61. The molecule has 4 N–H and O–H groups in total. The van der Waals surface area contributed by atoms with Crippen LogP contribution in [-0.2, 0) is 4.79 Å². The normalized spacial score (nSPS) is 12.5. The first-order valence-electron chi connectivity index (χ1n) is 11.2. The van der Waals surface area contributed by atoms with Gasteiger partial charge in [-0.2, -0.15) is 0 Å². The molecule has 0 aliphatic rings. The van der Waals surface area contributed by atoms with Gasteiger partial charge in [0, 0.05) is 51.0 Å². The molecule has 2 aromatic rings. The summed E-state index contributed by atoms with van der Waals surface area (Å²) in [6.07, 6.45) is 10.4. The minimum absolute atomic E-state index is 0.236. The van der Waals surface area contributed by atoms with E-state index in [9.17, 15) is 9.59 Å². The van der Waals surface area contributed by atoms with E-state index >= 15 is 0 Å². The molecule has 2 heterocycles. The average molecular weight is 483 g/mol. The number of anilines is 1. The third-order valence-corrected chi connectivity index (χ3v) is 5.93. The summed E-state index contributed by atoms with van der Waals surface area (Å²) in [5, 5.41) is 6.14. The number of nitrogens with two attached hydrogens (primary N) is 1. The van der Waals surface area contributed by atoms with E-state index in [0.29, 0.717) is 28.5 Å². The summed E-state index contributed by atoms with van der Waals surface area (Å²) < 4.78 is 0. The molecule has 2 rings (SSSR count). The quantitative estimate of drug-likeness (QED) is 0.346. The van der Waals surface area contributed by atoms with Crippen LogP contribution in [-0.4, -0.2) is 47.3 Å². The number of hydrogen-bond acceptors (Lipinski definition) is 7. The third-order valence-electron chi connectivity index (χ3n) is 4.87. The SMILES string of the molecule is CC/C=C(C)/C(=C\N(C)C)c1cnc(/C(=C\N)C(=O)Nc2cc(C(=O)NCCC)cnc2C)s1. The standard InChI is InChI=1S/C25H34N6O2S/c1-7-9-16(3)20(15-31(5)6)22-14-29-25(34-22)19(12-26)24(33)30-21-11-18(13-28-17(21)4)23(32)27-10-8-2/h9,11-15H,7-8,10,26H2,1-6H3,(H,27,32)(H,30,33)/b16-9+,19-12-,20-15+. The lowest BCUT2D eigenvalue weighted by Crippen LogP contribution is -2.24. The van der Waals surface area contributed by atoms with Crippen LogP contribution in [0.4, 0.5) is 5.69 Å². The molecule has 8 nitrogen and oxygen atoms in total. The van der Waals surface area contributed by atoms with Crippen molar-refractivity contribution in [3.63, 3.8) is 0 Å². The molecule has 182 valence electrons. The van der Waals surface area contributed by atoms with Crippen LogP contribution in [0.2, 0.25) is 0 Å². The zero-order valence-electron chi connectivity index (χ0n) is 20.7. The second kappa shape index (κ2) is 12.7. The highest BCUT2D eigenvalue weighted by Crippen LogP contribution is 2.31. The van der Waals surface area contributed by atoms with Crippen molar-refractivity contribution in [2.24, 2.45) is 5.73 Å². The second-order valence-corrected chi connectivity index (χ2v) is 9.01. The van der Waals surface area contributed by atoms with Gasteiger partial charge in [-0.1, -0.05) is 19.9 Å². The Bertz CT molecular complexity index is 1110. The number of allylic oxidation sites excluding steroid dienone is 3. The zero-order valence-corrected chi connectivity index (χ0v) is 21.5. The molecule has 0 aliphatic carbocycles. The maximum absolute atomic E-state index is 13.1. The molecule has 9 heteroatoms. The first kappa shape index (κ1) is 26.8. The number of carbonyl (C=O) groups is 2. The molecule has 0 fully saturated rings. The summed E-state index contributed by atoms with van der Waals surface area (Å²) in [5.41, 5.74) is 9.67.